The van der Waals surface area contributed by atoms with Gasteiger partial charge in [0.05, 0.1) is 5.92 Å². The fraction of sp³-hybridized carbons (Fsp3) is 0.417. The van der Waals surface area contributed by atoms with Gasteiger partial charge in [0, 0.05) is 53.7 Å². The average molecular weight is 407 g/mol. The maximum atomic E-state index is 13.0. The topological polar surface area (TPSA) is 66.4 Å². The van der Waals surface area contributed by atoms with Crippen molar-refractivity contribution in [1.29, 1.82) is 0 Å². The van der Waals surface area contributed by atoms with Crippen LogP contribution in [0.1, 0.15) is 38.3 Å². The molecule has 1 atom stereocenters. The van der Waals surface area contributed by atoms with Crippen LogP contribution in [-0.2, 0) is 4.79 Å². The number of aryl methyl sites for hydroxylation is 1. The van der Waals surface area contributed by atoms with Crippen molar-refractivity contribution in [3.05, 3.63) is 42.0 Å². The van der Waals surface area contributed by atoms with Crippen molar-refractivity contribution in [2.24, 2.45) is 5.92 Å². The summed E-state index contributed by atoms with van der Waals surface area (Å²) in [5.74, 6) is -0.131. The highest BCUT2D eigenvalue weighted by Crippen LogP contribution is 2.36. The second-order valence-corrected chi connectivity index (χ2v) is 8.44. The highest BCUT2D eigenvalue weighted by molar-refractivity contribution is 6.12. The number of carbonyl (C=O) groups is 2. The van der Waals surface area contributed by atoms with Crippen LogP contribution >= 0.6 is 0 Å². The Morgan fingerprint density at radius 3 is 2.60 bits per heavy atom. The van der Waals surface area contributed by atoms with E-state index in [4.69, 9.17) is 0 Å². The van der Waals surface area contributed by atoms with Gasteiger partial charge in [-0.25, -0.2) is 4.79 Å². The van der Waals surface area contributed by atoms with Crippen molar-refractivity contribution < 1.29 is 9.59 Å². The molecule has 4 rings (SSSR count). The van der Waals surface area contributed by atoms with Gasteiger partial charge in [-0.1, -0.05) is 18.2 Å². The van der Waals surface area contributed by atoms with Gasteiger partial charge in [-0.05, 0) is 57.4 Å². The van der Waals surface area contributed by atoms with E-state index in [1.807, 2.05) is 6.07 Å². The molecule has 6 nitrogen and oxygen atoms in total. The molecule has 158 valence electrons. The summed E-state index contributed by atoms with van der Waals surface area (Å²) in [7, 11) is 1.65. The molecule has 2 N–H and O–H groups in total. The molecule has 0 aliphatic carbocycles. The molecule has 1 fully saturated rings. The van der Waals surface area contributed by atoms with Crippen LogP contribution in [0, 0.1) is 12.8 Å². The number of anilines is 1. The second kappa shape index (κ2) is 8.01. The van der Waals surface area contributed by atoms with Crippen LogP contribution in [0.15, 0.2) is 36.4 Å². The van der Waals surface area contributed by atoms with Gasteiger partial charge in [-0.15, -0.1) is 0 Å². The normalized spacial score (nSPS) is 17.0. The molecule has 30 heavy (non-hydrogen) atoms. The average Bonchev–Trinajstić information content (AvgIpc) is 3.10. The molecule has 1 aliphatic heterocycles. The molecule has 0 saturated carbocycles. The van der Waals surface area contributed by atoms with Gasteiger partial charge < -0.3 is 20.1 Å². The largest absolute Gasteiger partial charge is 0.359 e. The van der Waals surface area contributed by atoms with Crippen molar-refractivity contribution in [1.82, 2.24) is 14.8 Å². The number of hydrogen-bond donors (Lipinski definition) is 2. The number of amides is 3. The van der Waals surface area contributed by atoms with E-state index >= 15 is 0 Å². The zero-order chi connectivity index (χ0) is 21.4. The predicted octanol–water partition coefficient (Wildman–Crippen LogP) is 4.67. The number of hydrogen-bond acceptors (Lipinski definition) is 2. The summed E-state index contributed by atoms with van der Waals surface area (Å²) < 4.78 is 2.35. The number of likely N-dealkylation sites (tertiary alicyclic amines) is 1. The Labute approximate surface area is 177 Å². The van der Waals surface area contributed by atoms with E-state index < -0.39 is 0 Å². The molecule has 3 aromatic rings. The monoisotopic (exact) mass is 406 g/mol. The highest BCUT2D eigenvalue weighted by Gasteiger charge is 2.28. The first-order valence-corrected chi connectivity index (χ1v) is 10.7. The summed E-state index contributed by atoms with van der Waals surface area (Å²) in [6.45, 7) is 7.58. The Hall–Kier alpha value is -3.02. The molecule has 3 amide bonds. The quantitative estimate of drug-likeness (QED) is 0.664. The minimum Gasteiger partial charge on any atom is -0.359 e. The first kappa shape index (κ1) is 20.3. The standard InChI is InChI=1S/C24H30N4O2/c1-15(2)28-20-10-6-5-9-18(20)22-16(3)19(11-12-21(22)28)26-24(30)27-13-7-8-17(14-27)23(29)25-4/h5-6,9-12,15,17H,7-8,13-14H2,1-4H3,(H,25,29)(H,26,30). The lowest BCUT2D eigenvalue weighted by molar-refractivity contribution is -0.125. The minimum atomic E-state index is -0.140. The van der Waals surface area contributed by atoms with E-state index in [-0.39, 0.29) is 17.9 Å². The summed E-state index contributed by atoms with van der Waals surface area (Å²) in [6.07, 6.45) is 1.66. The van der Waals surface area contributed by atoms with Crippen LogP contribution in [0.25, 0.3) is 21.8 Å². The molecule has 0 radical (unpaired) electrons. The van der Waals surface area contributed by atoms with Crippen molar-refractivity contribution in [2.45, 2.75) is 39.7 Å². The van der Waals surface area contributed by atoms with Crippen molar-refractivity contribution in [2.75, 3.05) is 25.5 Å². The van der Waals surface area contributed by atoms with E-state index in [9.17, 15) is 9.59 Å². The molecular weight excluding hydrogens is 376 g/mol. The number of rotatable bonds is 3. The molecule has 0 bridgehead atoms. The van der Waals surface area contributed by atoms with Crippen LogP contribution in [0.2, 0.25) is 0 Å². The van der Waals surface area contributed by atoms with Gasteiger partial charge in [0.1, 0.15) is 0 Å². The Morgan fingerprint density at radius 1 is 1.10 bits per heavy atom. The number of carbonyl (C=O) groups excluding carboxylic acids is 2. The first-order chi connectivity index (χ1) is 14.4. The zero-order valence-electron chi connectivity index (χ0n) is 18.2. The molecule has 2 heterocycles. The number of nitrogens with zero attached hydrogens (tertiary/aromatic N) is 2. The molecule has 1 aromatic heterocycles. The SMILES string of the molecule is CNC(=O)C1CCCN(C(=O)Nc2ccc3c(c2C)c2ccccc2n3C(C)C)C1. The Morgan fingerprint density at radius 2 is 1.87 bits per heavy atom. The minimum absolute atomic E-state index is 0.00611. The smallest absolute Gasteiger partial charge is 0.321 e. The molecular formula is C24H30N4O2. The van der Waals surface area contributed by atoms with Crippen molar-refractivity contribution >= 4 is 39.4 Å². The van der Waals surface area contributed by atoms with Gasteiger partial charge in [0.15, 0.2) is 0 Å². The van der Waals surface area contributed by atoms with Crippen LogP contribution in [0.4, 0.5) is 10.5 Å². The maximum Gasteiger partial charge on any atom is 0.321 e. The number of nitrogens with one attached hydrogen (secondary N) is 2. The number of para-hydroxylation sites is 1. The molecule has 1 saturated heterocycles. The summed E-state index contributed by atoms with van der Waals surface area (Å²) >= 11 is 0. The van der Waals surface area contributed by atoms with E-state index in [1.165, 1.54) is 21.8 Å². The van der Waals surface area contributed by atoms with E-state index in [0.717, 1.165) is 24.1 Å². The molecule has 1 aliphatic rings. The third-order valence-corrected chi connectivity index (χ3v) is 6.22. The van der Waals surface area contributed by atoms with E-state index in [2.05, 4.69) is 66.3 Å². The Balaban J connectivity index is 1.67. The number of aromatic nitrogens is 1. The van der Waals surface area contributed by atoms with Gasteiger partial charge in [0.2, 0.25) is 5.91 Å². The van der Waals surface area contributed by atoms with E-state index in [0.29, 0.717) is 19.1 Å². The predicted molar refractivity (Wildman–Crippen MR) is 122 cm³/mol. The number of urea groups is 1. The zero-order valence-corrected chi connectivity index (χ0v) is 18.2. The summed E-state index contributed by atoms with van der Waals surface area (Å²) in [4.78, 5) is 26.7. The molecule has 2 aromatic carbocycles. The number of benzene rings is 2. The lowest BCUT2D eigenvalue weighted by Crippen LogP contribution is -2.46. The summed E-state index contributed by atoms with van der Waals surface area (Å²) in [5, 5.41) is 8.18. The number of piperidine rings is 1. The van der Waals surface area contributed by atoms with Gasteiger partial charge in [0.25, 0.3) is 0 Å². The first-order valence-electron chi connectivity index (χ1n) is 10.7. The van der Waals surface area contributed by atoms with Gasteiger partial charge in [-0.3, -0.25) is 4.79 Å². The maximum absolute atomic E-state index is 13.0. The van der Waals surface area contributed by atoms with Gasteiger partial charge in [-0.2, -0.15) is 0 Å². The van der Waals surface area contributed by atoms with Crippen LogP contribution in [0.3, 0.4) is 0 Å². The molecule has 6 heteroatoms. The van der Waals surface area contributed by atoms with E-state index in [1.54, 1.807) is 11.9 Å². The highest BCUT2D eigenvalue weighted by atomic mass is 16.2. The molecule has 0 spiro atoms. The third-order valence-electron chi connectivity index (χ3n) is 6.22. The Kier molecular flexibility index (Phi) is 5.41. The fourth-order valence-electron chi connectivity index (χ4n) is 4.73. The fourth-order valence-corrected chi connectivity index (χ4v) is 4.73. The van der Waals surface area contributed by atoms with Gasteiger partial charge >= 0.3 is 6.03 Å². The van der Waals surface area contributed by atoms with Crippen LogP contribution in [-0.4, -0.2) is 41.5 Å². The molecule has 1 unspecified atom stereocenters. The van der Waals surface area contributed by atoms with Crippen LogP contribution < -0.4 is 10.6 Å². The lowest BCUT2D eigenvalue weighted by Gasteiger charge is -2.32. The third kappa shape index (κ3) is 3.40. The Bertz CT molecular complexity index is 1120. The van der Waals surface area contributed by atoms with Crippen molar-refractivity contribution in [3.63, 3.8) is 0 Å². The number of fused-ring (bicyclic) bond motifs is 3. The summed E-state index contributed by atoms with van der Waals surface area (Å²) in [5.41, 5.74) is 4.27. The lowest BCUT2D eigenvalue weighted by atomic mass is 9.97. The van der Waals surface area contributed by atoms with Crippen LogP contribution in [0.5, 0.6) is 0 Å². The summed E-state index contributed by atoms with van der Waals surface area (Å²) in [6, 6.07) is 12.7. The second-order valence-electron chi connectivity index (χ2n) is 8.44. The van der Waals surface area contributed by atoms with Crippen molar-refractivity contribution in [3.8, 4) is 0 Å².